The third-order valence-electron chi connectivity index (χ3n) is 3.87. The van der Waals surface area contributed by atoms with Crippen molar-refractivity contribution in [2.45, 2.75) is 30.7 Å². The van der Waals surface area contributed by atoms with Crippen molar-refractivity contribution in [3.8, 4) is 6.07 Å². The van der Waals surface area contributed by atoms with Crippen molar-refractivity contribution in [3.63, 3.8) is 0 Å². The van der Waals surface area contributed by atoms with E-state index in [0.29, 0.717) is 19.5 Å². The van der Waals surface area contributed by atoms with Crippen molar-refractivity contribution in [2.24, 2.45) is 11.7 Å². The van der Waals surface area contributed by atoms with E-state index >= 15 is 0 Å². The Morgan fingerprint density at radius 3 is 2.86 bits per heavy atom. The predicted octanol–water partition coefficient (Wildman–Crippen LogP) is 1.45. The third kappa shape index (κ3) is 3.07. The van der Waals surface area contributed by atoms with Crippen molar-refractivity contribution < 1.29 is 12.8 Å². The second-order valence-electron chi connectivity index (χ2n) is 5.35. The molecule has 1 aliphatic heterocycles. The molecule has 1 heterocycles. The first kappa shape index (κ1) is 15.9. The lowest BCUT2D eigenvalue weighted by Crippen LogP contribution is -2.45. The van der Waals surface area contributed by atoms with Crippen molar-refractivity contribution in [1.29, 1.82) is 5.26 Å². The number of benzene rings is 1. The average molecular weight is 311 g/mol. The Morgan fingerprint density at radius 2 is 2.24 bits per heavy atom. The van der Waals surface area contributed by atoms with Crippen LogP contribution in [0.1, 0.15) is 25.3 Å². The van der Waals surface area contributed by atoms with Crippen LogP contribution in [0.2, 0.25) is 0 Å². The molecule has 1 aliphatic rings. The number of rotatable bonds is 3. The maximum atomic E-state index is 13.6. The minimum absolute atomic E-state index is 0.0765. The number of hydrogen-bond acceptors (Lipinski definition) is 4. The summed E-state index contributed by atoms with van der Waals surface area (Å²) in [7, 11) is -3.88. The van der Waals surface area contributed by atoms with Crippen LogP contribution in [-0.2, 0) is 10.0 Å². The van der Waals surface area contributed by atoms with Gasteiger partial charge in [0.15, 0.2) is 0 Å². The molecule has 0 bridgehead atoms. The van der Waals surface area contributed by atoms with E-state index in [1.165, 1.54) is 16.4 Å². The molecule has 2 atom stereocenters. The van der Waals surface area contributed by atoms with Gasteiger partial charge in [0, 0.05) is 19.1 Å². The van der Waals surface area contributed by atoms with Crippen molar-refractivity contribution >= 4 is 10.0 Å². The second kappa shape index (κ2) is 6.10. The molecule has 7 heteroatoms. The van der Waals surface area contributed by atoms with Crippen LogP contribution in [0.4, 0.5) is 4.39 Å². The minimum atomic E-state index is -3.88. The highest BCUT2D eigenvalue weighted by Crippen LogP contribution is 2.27. The Morgan fingerprint density at radius 1 is 1.52 bits per heavy atom. The van der Waals surface area contributed by atoms with Gasteiger partial charge in [0.2, 0.25) is 10.0 Å². The van der Waals surface area contributed by atoms with E-state index in [2.05, 4.69) is 0 Å². The highest BCUT2D eigenvalue weighted by atomic mass is 32.2. The maximum Gasteiger partial charge on any atom is 0.244 e. The average Bonchev–Trinajstić information content (AvgIpc) is 2.47. The summed E-state index contributed by atoms with van der Waals surface area (Å²) in [6.45, 7) is 2.53. The van der Waals surface area contributed by atoms with Crippen LogP contribution in [0.25, 0.3) is 0 Å². The highest BCUT2D eigenvalue weighted by Gasteiger charge is 2.33. The topological polar surface area (TPSA) is 87.2 Å². The van der Waals surface area contributed by atoms with Crippen LogP contribution in [0.5, 0.6) is 0 Å². The summed E-state index contributed by atoms with van der Waals surface area (Å²) >= 11 is 0. The molecule has 2 unspecified atom stereocenters. The van der Waals surface area contributed by atoms with Gasteiger partial charge in [-0.3, -0.25) is 0 Å². The van der Waals surface area contributed by atoms with E-state index in [9.17, 15) is 12.8 Å². The molecule has 114 valence electrons. The number of sulfonamides is 1. The SMILES string of the molecule is CC(N)C1CCCN(S(=O)(=O)c2cccc(F)c2C#N)C1. The molecule has 0 spiro atoms. The number of hydrogen-bond donors (Lipinski definition) is 1. The van der Waals surface area contributed by atoms with E-state index in [1.807, 2.05) is 6.92 Å². The molecular formula is C14H18FN3O2S. The van der Waals surface area contributed by atoms with Crippen molar-refractivity contribution in [1.82, 2.24) is 4.31 Å². The lowest BCUT2D eigenvalue weighted by molar-refractivity contribution is 0.243. The van der Waals surface area contributed by atoms with Gasteiger partial charge < -0.3 is 5.73 Å². The van der Waals surface area contributed by atoms with Crippen molar-refractivity contribution in [3.05, 3.63) is 29.6 Å². The fraction of sp³-hybridized carbons (Fsp3) is 0.500. The van der Waals surface area contributed by atoms with Crippen LogP contribution in [0, 0.1) is 23.1 Å². The first-order chi connectivity index (χ1) is 9.87. The fourth-order valence-electron chi connectivity index (χ4n) is 2.59. The summed E-state index contributed by atoms with van der Waals surface area (Å²) in [6, 6.07) is 5.19. The van der Waals surface area contributed by atoms with Gasteiger partial charge in [-0.15, -0.1) is 0 Å². The molecule has 0 amide bonds. The lowest BCUT2D eigenvalue weighted by Gasteiger charge is -2.33. The minimum Gasteiger partial charge on any atom is -0.328 e. The Kier molecular flexibility index (Phi) is 4.61. The van der Waals surface area contributed by atoms with Gasteiger partial charge in [-0.25, -0.2) is 12.8 Å². The molecule has 21 heavy (non-hydrogen) atoms. The van der Waals surface area contributed by atoms with Crippen LogP contribution in [-0.4, -0.2) is 31.9 Å². The number of nitrogens with zero attached hydrogens (tertiary/aromatic N) is 2. The van der Waals surface area contributed by atoms with E-state index in [-0.39, 0.29) is 16.9 Å². The van der Waals surface area contributed by atoms with Gasteiger partial charge in [-0.1, -0.05) is 6.07 Å². The summed E-state index contributed by atoms with van der Waals surface area (Å²) < 4.78 is 40.2. The number of halogens is 1. The molecule has 1 saturated heterocycles. The molecule has 0 saturated carbocycles. The van der Waals surface area contributed by atoms with Gasteiger partial charge in [0.25, 0.3) is 0 Å². The molecule has 2 rings (SSSR count). The zero-order chi connectivity index (χ0) is 15.6. The lowest BCUT2D eigenvalue weighted by atomic mass is 9.93. The number of nitriles is 1. The van der Waals surface area contributed by atoms with Crippen LogP contribution in [0.3, 0.4) is 0 Å². The fourth-order valence-corrected chi connectivity index (χ4v) is 4.28. The smallest absolute Gasteiger partial charge is 0.244 e. The second-order valence-corrected chi connectivity index (χ2v) is 7.26. The Hall–Kier alpha value is -1.49. The summed E-state index contributed by atoms with van der Waals surface area (Å²) in [5.41, 5.74) is 5.43. The first-order valence-corrected chi connectivity index (χ1v) is 8.26. The van der Waals surface area contributed by atoms with Gasteiger partial charge in [0.1, 0.15) is 22.3 Å². The zero-order valence-electron chi connectivity index (χ0n) is 11.8. The molecule has 0 aliphatic carbocycles. The maximum absolute atomic E-state index is 13.6. The zero-order valence-corrected chi connectivity index (χ0v) is 12.6. The van der Waals surface area contributed by atoms with Gasteiger partial charge in [0.05, 0.1) is 0 Å². The molecule has 0 radical (unpaired) electrons. The van der Waals surface area contributed by atoms with Crippen molar-refractivity contribution in [2.75, 3.05) is 13.1 Å². The Balaban J connectivity index is 2.39. The number of nitrogens with two attached hydrogens (primary N) is 1. The Bertz CT molecular complexity index is 667. The summed E-state index contributed by atoms with van der Waals surface area (Å²) in [5, 5.41) is 9.01. The molecule has 5 nitrogen and oxygen atoms in total. The van der Waals surface area contributed by atoms with Crippen LogP contribution < -0.4 is 5.73 Å². The monoisotopic (exact) mass is 311 g/mol. The van der Waals surface area contributed by atoms with E-state index in [4.69, 9.17) is 11.0 Å². The highest BCUT2D eigenvalue weighted by molar-refractivity contribution is 7.89. The van der Waals surface area contributed by atoms with Gasteiger partial charge >= 0.3 is 0 Å². The molecular weight excluding hydrogens is 293 g/mol. The summed E-state index contributed by atoms with van der Waals surface area (Å²) in [4.78, 5) is -0.268. The van der Waals surface area contributed by atoms with E-state index in [0.717, 1.165) is 12.5 Å². The first-order valence-electron chi connectivity index (χ1n) is 6.82. The van der Waals surface area contributed by atoms with Gasteiger partial charge in [-0.2, -0.15) is 9.57 Å². The van der Waals surface area contributed by atoms with Gasteiger partial charge in [-0.05, 0) is 37.8 Å². The standard InChI is InChI=1S/C14H18FN3O2S/c1-10(17)11-4-3-7-18(9-11)21(19,20)14-6-2-5-13(15)12(14)8-16/h2,5-6,10-11H,3-4,7,9,17H2,1H3. The molecule has 1 fully saturated rings. The summed E-state index contributed by atoms with van der Waals surface area (Å²) in [5.74, 6) is -0.744. The molecule has 0 aromatic heterocycles. The largest absolute Gasteiger partial charge is 0.328 e. The quantitative estimate of drug-likeness (QED) is 0.915. The third-order valence-corrected chi connectivity index (χ3v) is 5.78. The van der Waals surface area contributed by atoms with E-state index in [1.54, 1.807) is 6.07 Å². The predicted molar refractivity (Wildman–Crippen MR) is 76.2 cm³/mol. The molecule has 1 aromatic rings. The number of piperidine rings is 1. The van der Waals surface area contributed by atoms with Crippen LogP contribution >= 0.6 is 0 Å². The Labute approximate surface area is 124 Å². The summed E-state index contributed by atoms with van der Waals surface area (Å²) in [6.07, 6.45) is 1.58. The molecule has 1 aromatic carbocycles. The van der Waals surface area contributed by atoms with E-state index < -0.39 is 21.4 Å². The molecule has 2 N–H and O–H groups in total. The van der Waals surface area contributed by atoms with Crippen LogP contribution in [0.15, 0.2) is 23.1 Å². The normalized spacial score (nSPS) is 21.7.